The van der Waals surface area contributed by atoms with Gasteiger partial charge < -0.3 is 4.74 Å². The summed E-state index contributed by atoms with van der Waals surface area (Å²) in [6.07, 6.45) is 0.673. The summed E-state index contributed by atoms with van der Waals surface area (Å²) in [6.45, 7) is 4.19. The van der Waals surface area contributed by atoms with Gasteiger partial charge in [-0.05, 0) is 31.9 Å². The SMILES string of the molecule is Cc1ccc(C(=O)C2CCOC2C)cc1F. The molecule has 0 spiro atoms. The van der Waals surface area contributed by atoms with E-state index < -0.39 is 0 Å². The Morgan fingerprint density at radius 1 is 1.50 bits per heavy atom. The molecular formula is C13H15FO2. The highest BCUT2D eigenvalue weighted by Gasteiger charge is 2.31. The zero-order valence-electron chi connectivity index (χ0n) is 9.50. The van der Waals surface area contributed by atoms with Crippen molar-refractivity contribution in [3.63, 3.8) is 0 Å². The van der Waals surface area contributed by atoms with Crippen molar-refractivity contribution >= 4 is 5.78 Å². The molecule has 0 N–H and O–H groups in total. The highest BCUT2D eigenvalue weighted by molar-refractivity contribution is 5.98. The topological polar surface area (TPSA) is 26.3 Å². The van der Waals surface area contributed by atoms with Gasteiger partial charge in [-0.1, -0.05) is 12.1 Å². The van der Waals surface area contributed by atoms with E-state index in [1.807, 2.05) is 6.92 Å². The Labute approximate surface area is 94.4 Å². The van der Waals surface area contributed by atoms with Crippen molar-refractivity contribution in [3.8, 4) is 0 Å². The van der Waals surface area contributed by atoms with Gasteiger partial charge in [-0.25, -0.2) is 4.39 Å². The number of benzene rings is 1. The molecule has 3 heteroatoms. The number of ketones is 1. The fraction of sp³-hybridized carbons (Fsp3) is 0.462. The smallest absolute Gasteiger partial charge is 0.168 e. The van der Waals surface area contributed by atoms with E-state index in [1.165, 1.54) is 6.07 Å². The van der Waals surface area contributed by atoms with Crippen LogP contribution in [0.2, 0.25) is 0 Å². The number of halogens is 1. The van der Waals surface area contributed by atoms with Crippen LogP contribution in [0.3, 0.4) is 0 Å². The second-order valence-corrected chi connectivity index (χ2v) is 4.30. The van der Waals surface area contributed by atoms with Crippen molar-refractivity contribution in [2.45, 2.75) is 26.4 Å². The summed E-state index contributed by atoms with van der Waals surface area (Å²) >= 11 is 0. The summed E-state index contributed by atoms with van der Waals surface area (Å²) < 4.78 is 18.7. The minimum Gasteiger partial charge on any atom is -0.378 e. The van der Waals surface area contributed by atoms with Gasteiger partial charge in [0.2, 0.25) is 0 Å². The number of rotatable bonds is 2. The van der Waals surface area contributed by atoms with Crippen molar-refractivity contribution in [3.05, 3.63) is 35.1 Å². The Balaban J connectivity index is 2.23. The molecule has 0 aliphatic carbocycles. The van der Waals surface area contributed by atoms with Crippen LogP contribution in [-0.2, 0) is 4.74 Å². The van der Waals surface area contributed by atoms with Gasteiger partial charge in [0.15, 0.2) is 5.78 Å². The van der Waals surface area contributed by atoms with Crippen LogP contribution in [0.15, 0.2) is 18.2 Å². The van der Waals surface area contributed by atoms with Gasteiger partial charge in [0, 0.05) is 12.2 Å². The lowest BCUT2D eigenvalue weighted by atomic mass is 9.92. The minimum atomic E-state index is -0.322. The molecule has 16 heavy (non-hydrogen) atoms. The van der Waals surface area contributed by atoms with E-state index in [0.717, 1.165) is 6.42 Å². The zero-order chi connectivity index (χ0) is 11.7. The second kappa shape index (κ2) is 4.34. The summed E-state index contributed by atoms with van der Waals surface area (Å²) in [5.41, 5.74) is 1.01. The first-order chi connectivity index (χ1) is 7.59. The predicted molar refractivity (Wildman–Crippen MR) is 59.0 cm³/mol. The van der Waals surface area contributed by atoms with E-state index >= 15 is 0 Å². The van der Waals surface area contributed by atoms with E-state index in [0.29, 0.717) is 17.7 Å². The van der Waals surface area contributed by atoms with Crippen LogP contribution in [0.5, 0.6) is 0 Å². The van der Waals surface area contributed by atoms with Crippen LogP contribution < -0.4 is 0 Å². The standard InChI is InChI=1S/C13H15FO2/c1-8-3-4-10(7-12(8)14)13(15)11-5-6-16-9(11)2/h3-4,7,9,11H,5-6H2,1-2H3. The third-order valence-corrected chi connectivity index (χ3v) is 3.17. The molecular weight excluding hydrogens is 207 g/mol. The van der Waals surface area contributed by atoms with Crippen LogP contribution in [0, 0.1) is 18.7 Å². The highest BCUT2D eigenvalue weighted by Crippen LogP contribution is 2.25. The maximum Gasteiger partial charge on any atom is 0.168 e. The number of aryl methyl sites for hydroxylation is 1. The Kier molecular flexibility index (Phi) is 3.06. The highest BCUT2D eigenvalue weighted by atomic mass is 19.1. The molecule has 1 aliphatic rings. The molecule has 2 atom stereocenters. The van der Waals surface area contributed by atoms with Gasteiger partial charge in [0.1, 0.15) is 5.82 Å². The Morgan fingerprint density at radius 2 is 2.25 bits per heavy atom. The minimum absolute atomic E-state index is 0.0103. The van der Waals surface area contributed by atoms with Crippen LogP contribution >= 0.6 is 0 Å². The molecule has 1 aliphatic heterocycles. The van der Waals surface area contributed by atoms with Gasteiger partial charge in [-0.15, -0.1) is 0 Å². The molecule has 1 aromatic rings. The summed E-state index contributed by atoms with van der Waals surface area (Å²) in [6, 6.07) is 4.65. The van der Waals surface area contributed by atoms with Crippen LogP contribution in [-0.4, -0.2) is 18.5 Å². The zero-order valence-corrected chi connectivity index (χ0v) is 9.50. The van der Waals surface area contributed by atoms with E-state index in [-0.39, 0.29) is 23.6 Å². The summed E-state index contributed by atoms with van der Waals surface area (Å²) in [7, 11) is 0. The van der Waals surface area contributed by atoms with Crippen molar-refractivity contribution in [2.75, 3.05) is 6.61 Å². The quantitative estimate of drug-likeness (QED) is 0.719. The Bertz CT molecular complexity index is 414. The summed E-state index contributed by atoms with van der Waals surface area (Å²) in [5, 5.41) is 0. The maximum absolute atomic E-state index is 13.3. The molecule has 1 aromatic carbocycles. The monoisotopic (exact) mass is 222 g/mol. The van der Waals surface area contributed by atoms with Crippen LogP contribution in [0.1, 0.15) is 29.3 Å². The lowest BCUT2D eigenvalue weighted by Crippen LogP contribution is -2.21. The predicted octanol–water partition coefficient (Wildman–Crippen LogP) is 2.74. The van der Waals surface area contributed by atoms with Crippen LogP contribution in [0.25, 0.3) is 0 Å². The van der Waals surface area contributed by atoms with E-state index in [4.69, 9.17) is 4.74 Å². The first-order valence-electron chi connectivity index (χ1n) is 5.51. The maximum atomic E-state index is 13.3. The summed E-state index contributed by atoms with van der Waals surface area (Å²) in [4.78, 5) is 12.1. The van der Waals surface area contributed by atoms with Crippen molar-refractivity contribution in [2.24, 2.45) is 5.92 Å². The fourth-order valence-electron chi connectivity index (χ4n) is 2.04. The first-order valence-corrected chi connectivity index (χ1v) is 5.51. The molecule has 2 unspecified atom stereocenters. The molecule has 1 saturated heterocycles. The number of ether oxygens (including phenoxy) is 1. The number of Topliss-reactive ketones (excluding diaryl/α,β-unsaturated/α-hetero) is 1. The molecule has 86 valence electrons. The second-order valence-electron chi connectivity index (χ2n) is 4.30. The van der Waals surface area contributed by atoms with Crippen LogP contribution in [0.4, 0.5) is 4.39 Å². The molecule has 2 nitrogen and oxygen atoms in total. The number of hydrogen-bond acceptors (Lipinski definition) is 2. The van der Waals surface area contributed by atoms with E-state index in [9.17, 15) is 9.18 Å². The Morgan fingerprint density at radius 3 is 2.81 bits per heavy atom. The molecule has 0 radical (unpaired) electrons. The Hall–Kier alpha value is -1.22. The fourth-order valence-corrected chi connectivity index (χ4v) is 2.04. The van der Waals surface area contributed by atoms with Gasteiger partial charge in [-0.3, -0.25) is 4.79 Å². The molecule has 0 saturated carbocycles. The third-order valence-electron chi connectivity index (χ3n) is 3.17. The molecule has 0 aromatic heterocycles. The van der Waals surface area contributed by atoms with Gasteiger partial charge in [-0.2, -0.15) is 0 Å². The number of hydrogen-bond donors (Lipinski definition) is 0. The van der Waals surface area contributed by atoms with Gasteiger partial charge in [0.25, 0.3) is 0 Å². The molecule has 2 rings (SSSR count). The van der Waals surface area contributed by atoms with Crippen molar-refractivity contribution in [1.29, 1.82) is 0 Å². The lowest BCUT2D eigenvalue weighted by Gasteiger charge is -2.12. The largest absolute Gasteiger partial charge is 0.378 e. The summed E-state index contributed by atoms with van der Waals surface area (Å²) in [5.74, 6) is -0.455. The first kappa shape index (κ1) is 11.3. The molecule has 1 heterocycles. The third kappa shape index (κ3) is 2.00. The number of carbonyl (C=O) groups is 1. The van der Waals surface area contributed by atoms with E-state index in [1.54, 1.807) is 19.1 Å². The average molecular weight is 222 g/mol. The molecule has 0 bridgehead atoms. The molecule has 1 fully saturated rings. The van der Waals surface area contributed by atoms with Gasteiger partial charge >= 0.3 is 0 Å². The van der Waals surface area contributed by atoms with E-state index in [2.05, 4.69) is 0 Å². The van der Waals surface area contributed by atoms with Crippen molar-refractivity contribution < 1.29 is 13.9 Å². The molecule has 0 amide bonds. The number of carbonyl (C=O) groups excluding carboxylic acids is 1. The lowest BCUT2D eigenvalue weighted by molar-refractivity contribution is 0.0764. The average Bonchev–Trinajstić information content (AvgIpc) is 2.67. The van der Waals surface area contributed by atoms with Crippen molar-refractivity contribution in [1.82, 2.24) is 0 Å². The normalized spacial score (nSPS) is 24.7. The van der Waals surface area contributed by atoms with Gasteiger partial charge in [0.05, 0.1) is 12.0 Å².